The number of nitrogen functional groups attached to an aromatic ring is 1. The maximum Gasteiger partial charge on any atom is 0.311 e. The van der Waals surface area contributed by atoms with Crippen LogP contribution in [0.25, 0.3) is 0 Å². The van der Waals surface area contributed by atoms with Crippen LogP contribution in [0.15, 0.2) is 12.1 Å². The summed E-state index contributed by atoms with van der Waals surface area (Å²) in [5.41, 5.74) is 5.43. The molecule has 7 heteroatoms. The second-order valence-electron chi connectivity index (χ2n) is 4.39. The SMILES string of the molecule is COCC1CCN(c2ccc([N+](=O)[O-])c(N)n2)C1. The number of ether oxygens (including phenoxy) is 1. The first-order valence-corrected chi connectivity index (χ1v) is 5.76. The Hall–Kier alpha value is -1.89. The van der Waals surface area contributed by atoms with E-state index >= 15 is 0 Å². The third kappa shape index (κ3) is 2.51. The van der Waals surface area contributed by atoms with Crippen LogP contribution in [0.5, 0.6) is 0 Å². The highest BCUT2D eigenvalue weighted by molar-refractivity contribution is 5.58. The number of rotatable bonds is 4. The zero-order chi connectivity index (χ0) is 13.1. The molecule has 1 aromatic rings. The fourth-order valence-corrected chi connectivity index (χ4v) is 2.20. The number of hydrogen-bond donors (Lipinski definition) is 1. The molecule has 7 nitrogen and oxygen atoms in total. The van der Waals surface area contributed by atoms with Crippen molar-refractivity contribution >= 4 is 17.3 Å². The molecule has 1 unspecified atom stereocenters. The highest BCUT2D eigenvalue weighted by atomic mass is 16.6. The predicted molar refractivity (Wildman–Crippen MR) is 67.5 cm³/mol. The van der Waals surface area contributed by atoms with Crippen LogP contribution >= 0.6 is 0 Å². The average molecular weight is 252 g/mol. The summed E-state index contributed by atoms with van der Waals surface area (Å²) in [5, 5.41) is 10.6. The molecule has 0 bridgehead atoms. The van der Waals surface area contributed by atoms with Crippen LogP contribution in [0.3, 0.4) is 0 Å². The van der Waals surface area contributed by atoms with E-state index in [9.17, 15) is 10.1 Å². The van der Waals surface area contributed by atoms with Crippen molar-refractivity contribution in [1.82, 2.24) is 4.98 Å². The Morgan fingerprint density at radius 1 is 1.67 bits per heavy atom. The molecule has 1 aliphatic heterocycles. The number of nitrogens with two attached hydrogens (primary N) is 1. The van der Waals surface area contributed by atoms with Gasteiger partial charge in [0.25, 0.3) is 0 Å². The van der Waals surface area contributed by atoms with Crippen LogP contribution in [-0.4, -0.2) is 36.7 Å². The second-order valence-corrected chi connectivity index (χ2v) is 4.39. The summed E-state index contributed by atoms with van der Waals surface area (Å²) in [6, 6.07) is 3.05. The van der Waals surface area contributed by atoms with Crippen molar-refractivity contribution in [3.8, 4) is 0 Å². The quantitative estimate of drug-likeness (QED) is 0.635. The number of pyridine rings is 1. The molecule has 1 atom stereocenters. The number of methoxy groups -OCH3 is 1. The number of nitrogens with zero attached hydrogens (tertiary/aromatic N) is 3. The highest BCUT2D eigenvalue weighted by Gasteiger charge is 2.24. The van der Waals surface area contributed by atoms with Crippen molar-refractivity contribution < 1.29 is 9.66 Å². The minimum atomic E-state index is -0.524. The standard InChI is InChI=1S/C11H16N4O3/c1-18-7-8-4-5-14(6-8)10-3-2-9(15(16)17)11(12)13-10/h2-3,8H,4-7H2,1H3,(H2,12,13). The Kier molecular flexibility index (Phi) is 3.61. The van der Waals surface area contributed by atoms with Gasteiger partial charge in [0, 0.05) is 32.2 Å². The first-order valence-electron chi connectivity index (χ1n) is 5.76. The van der Waals surface area contributed by atoms with Crippen LogP contribution < -0.4 is 10.6 Å². The van der Waals surface area contributed by atoms with Crippen LogP contribution in [0.4, 0.5) is 17.3 Å². The molecule has 0 amide bonds. The predicted octanol–water partition coefficient (Wildman–Crippen LogP) is 1.04. The third-order valence-corrected chi connectivity index (χ3v) is 3.10. The molecule has 98 valence electrons. The van der Waals surface area contributed by atoms with Gasteiger partial charge in [0.1, 0.15) is 5.82 Å². The van der Waals surface area contributed by atoms with Gasteiger partial charge in [-0.2, -0.15) is 0 Å². The van der Waals surface area contributed by atoms with E-state index in [2.05, 4.69) is 9.88 Å². The van der Waals surface area contributed by atoms with Crippen molar-refractivity contribution in [1.29, 1.82) is 0 Å². The van der Waals surface area contributed by atoms with E-state index in [-0.39, 0.29) is 11.5 Å². The minimum Gasteiger partial charge on any atom is -0.384 e. The largest absolute Gasteiger partial charge is 0.384 e. The Morgan fingerprint density at radius 2 is 2.44 bits per heavy atom. The monoisotopic (exact) mass is 252 g/mol. The summed E-state index contributed by atoms with van der Waals surface area (Å²) < 4.78 is 5.12. The van der Waals surface area contributed by atoms with Gasteiger partial charge in [0.05, 0.1) is 11.5 Å². The Balaban J connectivity index is 2.11. The molecule has 1 aliphatic rings. The second kappa shape index (κ2) is 5.18. The van der Waals surface area contributed by atoms with Crippen molar-refractivity contribution in [2.24, 2.45) is 5.92 Å². The molecule has 1 saturated heterocycles. The molecule has 0 aliphatic carbocycles. The van der Waals surface area contributed by atoms with E-state index in [1.54, 1.807) is 13.2 Å². The number of hydrogen-bond acceptors (Lipinski definition) is 6. The Morgan fingerprint density at radius 3 is 3.06 bits per heavy atom. The van der Waals surface area contributed by atoms with E-state index in [0.717, 1.165) is 26.1 Å². The first-order chi connectivity index (χ1) is 8.61. The van der Waals surface area contributed by atoms with Gasteiger partial charge in [-0.1, -0.05) is 0 Å². The maximum absolute atomic E-state index is 10.6. The molecule has 0 spiro atoms. The topological polar surface area (TPSA) is 94.5 Å². The molecule has 0 radical (unpaired) electrons. The van der Waals surface area contributed by atoms with Gasteiger partial charge in [0.2, 0.25) is 5.82 Å². The minimum absolute atomic E-state index is 0.0345. The molecular formula is C11H16N4O3. The lowest BCUT2D eigenvalue weighted by Crippen LogP contribution is -2.22. The summed E-state index contributed by atoms with van der Waals surface area (Å²) in [6.07, 6.45) is 1.03. The molecule has 0 aromatic carbocycles. The zero-order valence-corrected chi connectivity index (χ0v) is 10.2. The summed E-state index contributed by atoms with van der Waals surface area (Å²) in [6.45, 7) is 2.44. The van der Waals surface area contributed by atoms with Gasteiger partial charge < -0.3 is 15.4 Å². The van der Waals surface area contributed by atoms with Crippen LogP contribution in [0.2, 0.25) is 0 Å². The van der Waals surface area contributed by atoms with Crippen LogP contribution in [0, 0.1) is 16.0 Å². The molecule has 2 N–H and O–H groups in total. The third-order valence-electron chi connectivity index (χ3n) is 3.10. The molecular weight excluding hydrogens is 236 g/mol. The average Bonchev–Trinajstić information content (AvgIpc) is 2.77. The summed E-state index contributed by atoms with van der Waals surface area (Å²) >= 11 is 0. The number of aromatic nitrogens is 1. The molecule has 18 heavy (non-hydrogen) atoms. The molecule has 1 fully saturated rings. The smallest absolute Gasteiger partial charge is 0.311 e. The van der Waals surface area contributed by atoms with Crippen molar-refractivity contribution in [2.45, 2.75) is 6.42 Å². The van der Waals surface area contributed by atoms with Gasteiger partial charge in [-0.3, -0.25) is 10.1 Å². The maximum atomic E-state index is 10.6. The number of anilines is 2. The van der Waals surface area contributed by atoms with Crippen LogP contribution in [0.1, 0.15) is 6.42 Å². The van der Waals surface area contributed by atoms with E-state index in [1.165, 1.54) is 6.07 Å². The van der Waals surface area contributed by atoms with Gasteiger partial charge in [0.15, 0.2) is 0 Å². The summed E-state index contributed by atoms with van der Waals surface area (Å²) in [7, 11) is 1.69. The Labute approximate surface area is 105 Å². The fourth-order valence-electron chi connectivity index (χ4n) is 2.20. The van der Waals surface area contributed by atoms with Crippen molar-refractivity contribution in [2.75, 3.05) is 37.4 Å². The summed E-state index contributed by atoms with van der Waals surface area (Å²) in [5.74, 6) is 1.14. The van der Waals surface area contributed by atoms with Crippen LogP contribution in [-0.2, 0) is 4.74 Å². The van der Waals surface area contributed by atoms with Gasteiger partial charge in [-0.05, 0) is 12.5 Å². The fraction of sp³-hybridized carbons (Fsp3) is 0.545. The normalized spacial score (nSPS) is 19.2. The molecule has 2 rings (SSSR count). The lowest BCUT2D eigenvalue weighted by Gasteiger charge is -2.17. The lowest BCUT2D eigenvalue weighted by molar-refractivity contribution is -0.384. The molecule has 1 aromatic heterocycles. The van der Waals surface area contributed by atoms with Crippen molar-refractivity contribution in [3.63, 3.8) is 0 Å². The highest BCUT2D eigenvalue weighted by Crippen LogP contribution is 2.26. The van der Waals surface area contributed by atoms with Gasteiger partial charge in [-0.15, -0.1) is 0 Å². The van der Waals surface area contributed by atoms with Crippen molar-refractivity contribution in [3.05, 3.63) is 22.2 Å². The van der Waals surface area contributed by atoms with E-state index in [4.69, 9.17) is 10.5 Å². The van der Waals surface area contributed by atoms with Gasteiger partial charge >= 0.3 is 5.69 Å². The number of nitro groups is 1. The van der Waals surface area contributed by atoms with E-state index in [0.29, 0.717) is 11.7 Å². The van der Waals surface area contributed by atoms with E-state index < -0.39 is 4.92 Å². The Bertz CT molecular complexity index is 452. The zero-order valence-electron chi connectivity index (χ0n) is 10.2. The van der Waals surface area contributed by atoms with E-state index in [1.807, 2.05) is 0 Å². The summed E-state index contributed by atoms with van der Waals surface area (Å²) in [4.78, 5) is 16.3. The molecule has 2 heterocycles. The lowest BCUT2D eigenvalue weighted by atomic mass is 10.1. The first kappa shape index (κ1) is 12.6. The molecule has 0 saturated carbocycles. The van der Waals surface area contributed by atoms with Gasteiger partial charge in [-0.25, -0.2) is 4.98 Å².